The molecule has 32 heavy (non-hydrogen) atoms. The molecule has 2 aromatic heterocycles. The molecule has 10 nitrogen and oxygen atoms in total. The first-order valence-corrected chi connectivity index (χ1v) is 9.65. The molecule has 1 amide bonds. The number of piperazine rings is 1. The van der Waals surface area contributed by atoms with E-state index in [1.165, 1.54) is 18.2 Å². The quantitative estimate of drug-likeness (QED) is 0.471. The fraction of sp³-hybridized carbons (Fsp3) is 0.316. The van der Waals surface area contributed by atoms with E-state index in [-0.39, 0.29) is 18.1 Å². The predicted octanol–water partition coefficient (Wildman–Crippen LogP) is 2.42. The van der Waals surface area contributed by atoms with Crippen LogP contribution in [0.25, 0.3) is 5.65 Å². The average Bonchev–Trinajstić information content (AvgIpc) is 3.17. The Hall–Kier alpha value is -3.74. The molecular formula is C19H18F3N7O3. The lowest BCUT2D eigenvalue weighted by Gasteiger charge is -2.34. The first-order valence-electron chi connectivity index (χ1n) is 9.65. The fourth-order valence-corrected chi connectivity index (χ4v) is 3.51. The van der Waals surface area contributed by atoms with Gasteiger partial charge in [0.05, 0.1) is 17.8 Å². The number of benzene rings is 1. The number of imidazole rings is 1. The van der Waals surface area contributed by atoms with E-state index in [0.717, 1.165) is 16.8 Å². The van der Waals surface area contributed by atoms with Crippen LogP contribution in [0.1, 0.15) is 5.56 Å². The number of amides is 1. The highest BCUT2D eigenvalue weighted by atomic mass is 19.4. The molecule has 13 heteroatoms. The number of halogens is 3. The number of nitro groups is 1. The molecule has 1 aliphatic heterocycles. The van der Waals surface area contributed by atoms with Gasteiger partial charge in [0.25, 0.3) is 0 Å². The summed E-state index contributed by atoms with van der Waals surface area (Å²) < 4.78 is 40.4. The van der Waals surface area contributed by atoms with Crippen LogP contribution in [0.3, 0.4) is 0 Å². The molecule has 0 spiro atoms. The minimum absolute atomic E-state index is 0.0561. The summed E-state index contributed by atoms with van der Waals surface area (Å²) in [7, 11) is 0. The molecule has 0 radical (unpaired) electrons. The van der Waals surface area contributed by atoms with Gasteiger partial charge in [-0.1, -0.05) is 21.7 Å². The van der Waals surface area contributed by atoms with Gasteiger partial charge in [0.1, 0.15) is 6.20 Å². The Bertz CT molecular complexity index is 1160. The average molecular weight is 449 g/mol. The maximum absolute atomic E-state index is 13.1. The molecule has 3 heterocycles. The molecular weight excluding hydrogens is 431 g/mol. The molecule has 0 aliphatic carbocycles. The van der Waals surface area contributed by atoms with E-state index in [9.17, 15) is 28.1 Å². The van der Waals surface area contributed by atoms with E-state index in [2.05, 4.69) is 15.4 Å². The second kappa shape index (κ2) is 8.42. The Balaban J connectivity index is 1.36. The minimum Gasteiger partial charge on any atom is -0.358 e. The smallest absolute Gasteiger partial charge is 0.358 e. The summed E-state index contributed by atoms with van der Waals surface area (Å²) in [6, 6.07) is 8.17. The Labute approximate surface area is 179 Å². The Morgan fingerprint density at radius 1 is 1.12 bits per heavy atom. The van der Waals surface area contributed by atoms with Crippen molar-refractivity contribution in [2.45, 2.75) is 6.18 Å². The molecule has 1 aromatic carbocycles. The van der Waals surface area contributed by atoms with Gasteiger partial charge in [-0.15, -0.1) is 0 Å². The molecule has 4 rings (SSSR count). The molecule has 1 saturated heterocycles. The zero-order valence-corrected chi connectivity index (χ0v) is 16.6. The van der Waals surface area contributed by atoms with Gasteiger partial charge in [0.2, 0.25) is 11.6 Å². The van der Waals surface area contributed by atoms with E-state index >= 15 is 0 Å². The number of fused-ring (bicyclic) bond motifs is 1. The number of nitrogens with zero attached hydrogens (tertiary/aromatic N) is 6. The summed E-state index contributed by atoms with van der Waals surface area (Å²) in [6.45, 7) is 1.88. The van der Waals surface area contributed by atoms with Gasteiger partial charge in [0.15, 0.2) is 5.82 Å². The largest absolute Gasteiger partial charge is 0.418 e. The van der Waals surface area contributed by atoms with E-state index in [1.807, 2.05) is 9.80 Å². The SMILES string of the molecule is O=C(CN1CCN(c2ccc3ncc([N+](=O)[O-])n3n2)CC1)Nc1ccccc1C(F)(F)F. The van der Waals surface area contributed by atoms with Crippen LogP contribution < -0.4 is 10.2 Å². The number of hydrogen-bond donors (Lipinski definition) is 1. The van der Waals surface area contributed by atoms with Gasteiger partial charge in [0, 0.05) is 32.2 Å². The van der Waals surface area contributed by atoms with Gasteiger partial charge in [-0.2, -0.15) is 13.2 Å². The summed E-state index contributed by atoms with van der Waals surface area (Å²) in [5.74, 6) is -0.248. The lowest BCUT2D eigenvalue weighted by atomic mass is 10.1. The van der Waals surface area contributed by atoms with E-state index in [0.29, 0.717) is 37.6 Å². The van der Waals surface area contributed by atoms with Crippen LogP contribution in [0, 0.1) is 10.1 Å². The molecule has 0 unspecified atom stereocenters. The van der Waals surface area contributed by atoms with Crippen molar-refractivity contribution in [1.29, 1.82) is 0 Å². The molecule has 3 aromatic rings. The van der Waals surface area contributed by atoms with Crippen LogP contribution in [0.4, 0.5) is 30.5 Å². The number of carbonyl (C=O) groups is 1. The van der Waals surface area contributed by atoms with Crippen LogP contribution in [-0.2, 0) is 11.0 Å². The monoisotopic (exact) mass is 449 g/mol. The number of hydrogen-bond acceptors (Lipinski definition) is 7. The lowest BCUT2D eigenvalue weighted by Crippen LogP contribution is -2.49. The van der Waals surface area contributed by atoms with E-state index in [4.69, 9.17) is 0 Å². The van der Waals surface area contributed by atoms with Crippen LogP contribution in [-0.4, -0.2) is 63.1 Å². The zero-order chi connectivity index (χ0) is 22.9. The van der Waals surface area contributed by atoms with E-state index in [1.54, 1.807) is 12.1 Å². The van der Waals surface area contributed by atoms with Crippen molar-refractivity contribution < 1.29 is 22.9 Å². The van der Waals surface area contributed by atoms with Gasteiger partial charge < -0.3 is 20.3 Å². The third-order valence-electron chi connectivity index (χ3n) is 5.09. The highest BCUT2D eigenvalue weighted by Gasteiger charge is 2.33. The second-order valence-corrected chi connectivity index (χ2v) is 7.19. The molecule has 0 saturated carbocycles. The first kappa shape index (κ1) is 21.5. The summed E-state index contributed by atoms with van der Waals surface area (Å²) >= 11 is 0. The normalized spacial score (nSPS) is 15.2. The zero-order valence-electron chi connectivity index (χ0n) is 16.6. The number of aromatic nitrogens is 3. The van der Waals surface area contributed by atoms with Crippen molar-refractivity contribution in [3.05, 3.63) is 58.3 Å². The van der Waals surface area contributed by atoms with Crippen molar-refractivity contribution in [3.8, 4) is 0 Å². The number of nitrogens with one attached hydrogen (secondary N) is 1. The number of para-hydroxylation sites is 1. The second-order valence-electron chi connectivity index (χ2n) is 7.19. The molecule has 168 valence electrons. The van der Waals surface area contributed by atoms with Gasteiger partial charge in [-0.05, 0) is 23.1 Å². The number of alkyl halides is 3. The number of anilines is 2. The summed E-state index contributed by atoms with van der Waals surface area (Å²) in [5, 5.41) is 17.7. The van der Waals surface area contributed by atoms with Gasteiger partial charge in [-0.3, -0.25) is 9.69 Å². The number of carbonyl (C=O) groups excluding carboxylic acids is 1. The summed E-state index contributed by atoms with van der Waals surface area (Å²) in [4.78, 5) is 30.5. The van der Waals surface area contributed by atoms with E-state index < -0.39 is 22.6 Å². The van der Waals surface area contributed by atoms with Crippen molar-refractivity contribution in [1.82, 2.24) is 19.5 Å². The maximum Gasteiger partial charge on any atom is 0.418 e. The number of rotatable bonds is 5. The molecule has 1 fully saturated rings. The van der Waals surface area contributed by atoms with Crippen LogP contribution >= 0.6 is 0 Å². The van der Waals surface area contributed by atoms with Crippen molar-refractivity contribution in [2.24, 2.45) is 0 Å². The van der Waals surface area contributed by atoms with Crippen molar-refractivity contribution >= 4 is 28.9 Å². The van der Waals surface area contributed by atoms with Crippen molar-refractivity contribution in [2.75, 3.05) is 42.9 Å². The molecule has 1 N–H and O–H groups in total. The standard InChI is InChI=1S/C19H18F3N7O3/c20-19(21,22)13-3-1-2-4-14(13)24-17(30)12-26-7-9-27(10-8-26)16-6-5-15-23-11-18(29(31)32)28(15)25-16/h1-6,11H,7-10,12H2,(H,24,30). The van der Waals surface area contributed by atoms with Crippen molar-refractivity contribution in [3.63, 3.8) is 0 Å². The molecule has 1 aliphatic rings. The highest BCUT2D eigenvalue weighted by molar-refractivity contribution is 5.93. The van der Waals surface area contributed by atoms with Crippen LogP contribution in [0.5, 0.6) is 0 Å². The van der Waals surface area contributed by atoms with Gasteiger partial charge >= 0.3 is 12.0 Å². The lowest BCUT2D eigenvalue weighted by molar-refractivity contribution is -0.391. The Morgan fingerprint density at radius 3 is 2.53 bits per heavy atom. The summed E-state index contributed by atoms with van der Waals surface area (Å²) in [6.07, 6.45) is -3.42. The van der Waals surface area contributed by atoms with Crippen LogP contribution in [0.2, 0.25) is 0 Å². The predicted molar refractivity (Wildman–Crippen MR) is 108 cm³/mol. The molecule has 0 bridgehead atoms. The Kier molecular flexibility index (Phi) is 5.65. The van der Waals surface area contributed by atoms with Crippen LogP contribution in [0.15, 0.2) is 42.6 Å². The molecule has 0 atom stereocenters. The minimum atomic E-state index is -4.56. The third-order valence-corrected chi connectivity index (χ3v) is 5.09. The Morgan fingerprint density at radius 2 is 1.84 bits per heavy atom. The maximum atomic E-state index is 13.1. The fourth-order valence-electron chi connectivity index (χ4n) is 3.51. The van der Waals surface area contributed by atoms with Gasteiger partial charge in [-0.25, -0.2) is 4.98 Å². The third kappa shape index (κ3) is 4.46. The highest BCUT2D eigenvalue weighted by Crippen LogP contribution is 2.34. The summed E-state index contributed by atoms with van der Waals surface area (Å²) in [5.41, 5.74) is -0.814. The topological polar surface area (TPSA) is 109 Å². The first-order chi connectivity index (χ1) is 15.2.